The van der Waals surface area contributed by atoms with E-state index in [4.69, 9.17) is 11.6 Å². The zero-order valence-corrected chi connectivity index (χ0v) is 14.4. The third-order valence-electron chi connectivity index (χ3n) is 3.43. The number of benzene rings is 1. The van der Waals surface area contributed by atoms with Crippen LogP contribution in [0.4, 0.5) is 5.69 Å². The molecule has 3 aromatic rings. The van der Waals surface area contributed by atoms with Crippen LogP contribution in [0.5, 0.6) is 0 Å². The predicted octanol–water partition coefficient (Wildman–Crippen LogP) is 2.86. The standard InChI is InChI=1S/C16H15ClN4O2S/c1-20-12-16(10-19-20)24(22,23)21(11-13-3-2-8-18-9-13)15-6-4-14(17)5-7-15/h2-10,12H,11H2,1H3. The van der Waals surface area contributed by atoms with Gasteiger partial charge in [-0.05, 0) is 35.9 Å². The molecule has 124 valence electrons. The lowest BCUT2D eigenvalue weighted by Crippen LogP contribution is -2.30. The Hall–Kier alpha value is -2.38. The highest BCUT2D eigenvalue weighted by Gasteiger charge is 2.26. The van der Waals surface area contributed by atoms with Gasteiger partial charge in [0.2, 0.25) is 0 Å². The van der Waals surface area contributed by atoms with Gasteiger partial charge in [0.25, 0.3) is 10.0 Å². The largest absolute Gasteiger partial charge is 0.274 e. The van der Waals surface area contributed by atoms with E-state index >= 15 is 0 Å². The van der Waals surface area contributed by atoms with Crippen molar-refractivity contribution in [3.63, 3.8) is 0 Å². The SMILES string of the molecule is Cn1cc(S(=O)(=O)N(Cc2cccnc2)c2ccc(Cl)cc2)cn1. The van der Waals surface area contributed by atoms with Gasteiger partial charge in [0.15, 0.2) is 0 Å². The Morgan fingerprint density at radius 1 is 1.17 bits per heavy atom. The zero-order chi connectivity index (χ0) is 17.2. The molecule has 2 aromatic heterocycles. The highest BCUT2D eigenvalue weighted by molar-refractivity contribution is 7.92. The molecule has 3 rings (SSSR count). The van der Waals surface area contributed by atoms with Gasteiger partial charge in [-0.2, -0.15) is 5.10 Å². The molecule has 0 saturated heterocycles. The van der Waals surface area contributed by atoms with Crippen molar-refractivity contribution in [3.05, 3.63) is 71.8 Å². The molecule has 0 bridgehead atoms. The van der Waals surface area contributed by atoms with Crippen LogP contribution in [-0.2, 0) is 23.6 Å². The molecule has 0 aliphatic heterocycles. The van der Waals surface area contributed by atoms with E-state index in [1.165, 1.54) is 21.4 Å². The number of pyridine rings is 1. The van der Waals surface area contributed by atoms with Crippen molar-refractivity contribution in [2.45, 2.75) is 11.4 Å². The van der Waals surface area contributed by atoms with Crippen molar-refractivity contribution in [1.82, 2.24) is 14.8 Å². The van der Waals surface area contributed by atoms with Crippen molar-refractivity contribution >= 4 is 27.3 Å². The smallest absolute Gasteiger partial charge is 0.267 e. The average molecular weight is 363 g/mol. The molecule has 24 heavy (non-hydrogen) atoms. The molecule has 0 atom stereocenters. The monoisotopic (exact) mass is 362 g/mol. The summed E-state index contributed by atoms with van der Waals surface area (Å²) in [5, 5.41) is 4.50. The summed E-state index contributed by atoms with van der Waals surface area (Å²) in [6.07, 6.45) is 6.09. The molecular weight excluding hydrogens is 348 g/mol. The van der Waals surface area contributed by atoms with Gasteiger partial charge in [0, 0.05) is 30.7 Å². The lowest BCUT2D eigenvalue weighted by molar-refractivity contribution is 0.590. The molecule has 8 heteroatoms. The van der Waals surface area contributed by atoms with Crippen LogP contribution in [0, 0.1) is 0 Å². The summed E-state index contributed by atoms with van der Waals surface area (Å²) >= 11 is 5.92. The Kier molecular flexibility index (Phi) is 4.55. The molecule has 2 heterocycles. The quantitative estimate of drug-likeness (QED) is 0.699. The molecule has 0 amide bonds. The minimum Gasteiger partial charge on any atom is -0.274 e. The van der Waals surface area contributed by atoms with Gasteiger partial charge in [0.05, 0.1) is 18.4 Å². The van der Waals surface area contributed by atoms with Gasteiger partial charge >= 0.3 is 0 Å². The van der Waals surface area contributed by atoms with Crippen LogP contribution in [-0.4, -0.2) is 23.2 Å². The molecule has 0 N–H and O–H groups in total. The Morgan fingerprint density at radius 3 is 2.50 bits per heavy atom. The van der Waals surface area contributed by atoms with Crippen LogP contribution >= 0.6 is 11.6 Å². The van der Waals surface area contributed by atoms with E-state index in [-0.39, 0.29) is 11.4 Å². The maximum absolute atomic E-state index is 13.1. The van der Waals surface area contributed by atoms with Crippen LogP contribution in [0.2, 0.25) is 5.02 Å². The van der Waals surface area contributed by atoms with Crippen LogP contribution in [0.25, 0.3) is 0 Å². The highest BCUT2D eigenvalue weighted by Crippen LogP contribution is 2.26. The Morgan fingerprint density at radius 2 is 1.92 bits per heavy atom. The minimum absolute atomic E-state index is 0.129. The number of nitrogens with zero attached hydrogens (tertiary/aromatic N) is 4. The maximum atomic E-state index is 13.1. The number of hydrogen-bond donors (Lipinski definition) is 0. The third-order valence-corrected chi connectivity index (χ3v) is 5.41. The van der Waals surface area contributed by atoms with Gasteiger partial charge in [-0.15, -0.1) is 0 Å². The van der Waals surface area contributed by atoms with Crippen molar-refractivity contribution in [1.29, 1.82) is 0 Å². The van der Waals surface area contributed by atoms with Crippen LogP contribution in [0.3, 0.4) is 0 Å². The first-order chi connectivity index (χ1) is 11.5. The lowest BCUT2D eigenvalue weighted by Gasteiger charge is -2.24. The molecule has 0 aliphatic carbocycles. The second-order valence-electron chi connectivity index (χ2n) is 5.20. The van der Waals surface area contributed by atoms with Gasteiger partial charge in [0.1, 0.15) is 4.90 Å². The predicted molar refractivity (Wildman–Crippen MR) is 92.3 cm³/mol. The van der Waals surface area contributed by atoms with Crippen LogP contribution in [0.15, 0.2) is 66.1 Å². The minimum atomic E-state index is -3.77. The number of aryl methyl sites for hydroxylation is 1. The van der Waals surface area contributed by atoms with Crippen molar-refractivity contribution < 1.29 is 8.42 Å². The molecule has 0 saturated carbocycles. The van der Waals surface area contributed by atoms with E-state index in [1.54, 1.807) is 49.8 Å². The van der Waals surface area contributed by atoms with E-state index in [1.807, 2.05) is 6.07 Å². The van der Waals surface area contributed by atoms with Gasteiger partial charge in [-0.25, -0.2) is 8.42 Å². The topological polar surface area (TPSA) is 68.1 Å². The first-order valence-corrected chi connectivity index (χ1v) is 8.94. The Bertz CT molecular complexity index is 924. The highest BCUT2D eigenvalue weighted by atomic mass is 35.5. The molecular formula is C16H15ClN4O2S. The van der Waals surface area contributed by atoms with E-state index in [2.05, 4.69) is 10.1 Å². The van der Waals surface area contributed by atoms with E-state index in [0.717, 1.165) is 5.56 Å². The fourth-order valence-corrected chi connectivity index (χ4v) is 3.80. The zero-order valence-electron chi connectivity index (χ0n) is 12.9. The maximum Gasteiger partial charge on any atom is 0.267 e. The summed E-state index contributed by atoms with van der Waals surface area (Å²) in [6.45, 7) is 0.159. The summed E-state index contributed by atoms with van der Waals surface area (Å²) in [5.74, 6) is 0. The first-order valence-electron chi connectivity index (χ1n) is 7.13. The number of rotatable bonds is 5. The fourth-order valence-electron chi connectivity index (χ4n) is 2.24. The molecule has 6 nitrogen and oxygen atoms in total. The Labute approximate surface area is 145 Å². The summed E-state index contributed by atoms with van der Waals surface area (Å²) in [7, 11) is -2.09. The Balaban J connectivity index is 2.06. The molecule has 0 spiro atoms. The summed E-state index contributed by atoms with van der Waals surface area (Å²) < 4.78 is 28.9. The fraction of sp³-hybridized carbons (Fsp3) is 0.125. The van der Waals surface area contributed by atoms with Crippen molar-refractivity contribution in [2.24, 2.45) is 7.05 Å². The normalized spacial score (nSPS) is 11.4. The average Bonchev–Trinajstić information content (AvgIpc) is 3.02. The second-order valence-corrected chi connectivity index (χ2v) is 7.50. The van der Waals surface area contributed by atoms with Gasteiger partial charge < -0.3 is 0 Å². The van der Waals surface area contributed by atoms with Crippen molar-refractivity contribution in [2.75, 3.05) is 4.31 Å². The number of sulfonamides is 1. The van der Waals surface area contributed by atoms with Crippen LogP contribution in [0.1, 0.15) is 5.56 Å². The molecule has 0 radical (unpaired) electrons. The van der Waals surface area contributed by atoms with Crippen LogP contribution < -0.4 is 4.31 Å². The first kappa shape index (κ1) is 16.5. The molecule has 0 fully saturated rings. The van der Waals surface area contributed by atoms with E-state index in [9.17, 15) is 8.42 Å². The number of aromatic nitrogens is 3. The number of halogens is 1. The van der Waals surface area contributed by atoms with Crippen molar-refractivity contribution in [3.8, 4) is 0 Å². The molecule has 1 aromatic carbocycles. The molecule has 0 aliphatic rings. The van der Waals surface area contributed by atoms with E-state index in [0.29, 0.717) is 10.7 Å². The van der Waals surface area contributed by atoms with Gasteiger partial charge in [-0.3, -0.25) is 14.0 Å². The summed E-state index contributed by atoms with van der Waals surface area (Å²) in [4.78, 5) is 4.17. The molecule has 0 unspecified atom stereocenters. The van der Waals surface area contributed by atoms with Gasteiger partial charge in [-0.1, -0.05) is 17.7 Å². The lowest BCUT2D eigenvalue weighted by atomic mass is 10.2. The third kappa shape index (κ3) is 3.42. The summed E-state index contributed by atoms with van der Waals surface area (Å²) in [6, 6.07) is 10.3. The second kappa shape index (κ2) is 6.62. The van der Waals surface area contributed by atoms with E-state index < -0.39 is 10.0 Å². The number of anilines is 1. The number of hydrogen-bond acceptors (Lipinski definition) is 4. The summed E-state index contributed by atoms with van der Waals surface area (Å²) in [5.41, 5.74) is 1.30.